The molecule has 1 aliphatic rings. The molecule has 2 aromatic rings. The highest BCUT2D eigenvalue weighted by molar-refractivity contribution is 7.89. The molecule has 1 heterocycles. The number of hydrogen-bond donors (Lipinski definition) is 0. The van der Waals surface area contributed by atoms with E-state index in [0.717, 1.165) is 5.56 Å². The second kappa shape index (κ2) is 6.20. The van der Waals surface area contributed by atoms with Crippen LogP contribution in [0, 0.1) is 13.8 Å². The van der Waals surface area contributed by atoms with Crippen molar-refractivity contribution in [1.29, 1.82) is 0 Å². The molecule has 1 fully saturated rings. The van der Waals surface area contributed by atoms with Crippen molar-refractivity contribution in [2.45, 2.75) is 18.7 Å². The minimum Gasteiger partial charge on any atom is -0.207 e. The molecule has 0 unspecified atom stereocenters. The van der Waals surface area contributed by atoms with Crippen molar-refractivity contribution in [3.8, 4) is 0 Å². The maximum atomic E-state index is 11.6. The summed E-state index contributed by atoms with van der Waals surface area (Å²) in [5.41, 5.74) is 2.40. The summed E-state index contributed by atoms with van der Waals surface area (Å²) in [6.07, 6.45) is 0. The summed E-state index contributed by atoms with van der Waals surface area (Å²) in [6, 6.07) is 17.2. The lowest BCUT2D eigenvalue weighted by molar-refractivity contribution is 0.563. The summed E-state index contributed by atoms with van der Waals surface area (Å²) in [4.78, 5) is 0.399. The molecule has 3 rings (SSSR count). The molecule has 0 saturated carbocycles. The summed E-state index contributed by atoms with van der Waals surface area (Å²) in [6.45, 7) is 5.35. The molecular weight excluding hydrogens is 270 g/mol. The minimum absolute atomic E-state index is 0.399. The standard InChI is InChI=1S/C9H11NO2S.C7H8/c1-8-2-4-9(5-3-8)13(11,12)10-6-7-10;1-7-5-3-2-4-6-7/h2-5H,6-7H2,1H3;2-6H,1H3. The van der Waals surface area contributed by atoms with E-state index in [1.807, 2.05) is 37.3 Å². The largest absolute Gasteiger partial charge is 0.243 e. The van der Waals surface area contributed by atoms with E-state index in [2.05, 4.69) is 19.1 Å². The van der Waals surface area contributed by atoms with Crippen molar-refractivity contribution in [2.75, 3.05) is 13.1 Å². The zero-order valence-electron chi connectivity index (χ0n) is 11.8. The van der Waals surface area contributed by atoms with Crippen molar-refractivity contribution in [1.82, 2.24) is 4.31 Å². The van der Waals surface area contributed by atoms with Gasteiger partial charge in [0.05, 0.1) is 4.90 Å². The van der Waals surface area contributed by atoms with Crippen LogP contribution in [0.2, 0.25) is 0 Å². The molecule has 2 aromatic carbocycles. The third kappa shape index (κ3) is 3.92. The molecule has 0 N–H and O–H groups in total. The molecule has 0 atom stereocenters. The Morgan fingerprint density at radius 1 is 0.800 bits per heavy atom. The quantitative estimate of drug-likeness (QED) is 0.797. The second-order valence-corrected chi connectivity index (χ2v) is 6.81. The van der Waals surface area contributed by atoms with Crippen LogP contribution >= 0.6 is 0 Å². The summed E-state index contributed by atoms with van der Waals surface area (Å²) < 4.78 is 24.7. The van der Waals surface area contributed by atoms with Gasteiger partial charge in [0.25, 0.3) is 0 Å². The van der Waals surface area contributed by atoms with Crippen LogP contribution in [0.5, 0.6) is 0 Å². The molecular formula is C16H19NO2S. The van der Waals surface area contributed by atoms with Crippen LogP contribution < -0.4 is 0 Å². The SMILES string of the molecule is Cc1ccc(S(=O)(=O)N2CC2)cc1.Cc1ccccc1. The number of nitrogens with zero attached hydrogens (tertiary/aromatic N) is 1. The highest BCUT2D eigenvalue weighted by atomic mass is 32.2. The van der Waals surface area contributed by atoms with Crippen LogP contribution in [0.3, 0.4) is 0 Å². The molecule has 106 valence electrons. The van der Waals surface area contributed by atoms with Crippen LogP contribution in [-0.2, 0) is 10.0 Å². The first-order valence-electron chi connectivity index (χ1n) is 6.58. The van der Waals surface area contributed by atoms with E-state index in [9.17, 15) is 8.42 Å². The molecule has 3 nitrogen and oxygen atoms in total. The van der Waals surface area contributed by atoms with Gasteiger partial charge in [-0.2, -0.15) is 4.31 Å². The van der Waals surface area contributed by atoms with Gasteiger partial charge in [-0.1, -0.05) is 53.6 Å². The molecule has 1 saturated heterocycles. The molecule has 0 spiro atoms. The fourth-order valence-corrected chi connectivity index (χ4v) is 3.02. The first kappa shape index (κ1) is 14.8. The lowest BCUT2D eigenvalue weighted by Crippen LogP contribution is -2.11. The Morgan fingerprint density at radius 3 is 1.70 bits per heavy atom. The third-order valence-electron chi connectivity index (χ3n) is 3.01. The van der Waals surface area contributed by atoms with Crippen molar-refractivity contribution in [3.05, 3.63) is 65.7 Å². The fraction of sp³-hybridized carbons (Fsp3) is 0.250. The van der Waals surface area contributed by atoms with Crippen LogP contribution in [-0.4, -0.2) is 25.8 Å². The average molecular weight is 289 g/mol. The molecule has 4 heteroatoms. The number of rotatable bonds is 2. The molecule has 0 aliphatic carbocycles. The van der Waals surface area contributed by atoms with Crippen LogP contribution in [0.1, 0.15) is 11.1 Å². The minimum atomic E-state index is -3.15. The third-order valence-corrected chi connectivity index (χ3v) is 4.92. The van der Waals surface area contributed by atoms with Crippen molar-refractivity contribution in [3.63, 3.8) is 0 Å². The maximum absolute atomic E-state index is 11.6. The number of benzene rings is 2. The van der Waals surface area contributed by atoms with Gasteiger partial charge in [-0.15, -0.1) is 0 Å². The van der Waals surface area contributed by atoms with E-state index in [4.69, 9.17) is 0 Å². The van der Waals surface area contributed by atoms with Gasteiger partial charge in [-0.25, -0.2) is 8.42 Å². The number of hydrogen-bond acceptors (Lipinski definition) is 2. The van der Waals surface area contributed by atoms with E-state index in [1.165, 1.54) is 9.87 Å². The summed E-state index contributed by atoms with van der Waals surface area (Å²) in [7, 11) is -3.15. The van der Waals surface area contributed by atoms with Gasteiger partial charge in [-0.3, -0.25) is 0 Å². The Morgan fingerprint density at radius 2 is 1.30 bits per heavy atom. The number of sulfonamides is 1. The molecule has 0 aromatic heterocycles. The van der Waals surface area contributed by atoms with Crippen LogP contribution in [0.4, 0.5) is 0 Å². The summed E-state index contributed by atoms with van der Waals surface area (Å²) >= 11 is 0. The Hall–Kier alpha value is -1.65. The predicted octanol–water partition coefficient (Wildman–Crippen LogP) is 2.99. The van der Waals surface area contributed by atoms with Gasteiger partial charge in [0, 0.05) is 13.1 Å². The second-order valence-electron chi connectivity index (χ2n) is 4.87. The Balaban J connectivity index is 0.000000178. The molecule has 0 amide bonds. The Labute approximate surface area is 120 Å². The van der Waals surface area contributed by atoms with Crippen LogP contribution in [0.25, 0.3) is 0 Å². The monoisotopic (exact) mass is 289 g/mol. The van der Waals surface area contributed by atoms with Gasteiger partial charge in [0.1, 0.15) is 0 Å². The molecule has 0 radical (unpaired) electrons. The van der Waals surface area contributed by atoms with E-state index in [0.29, 0.717) is 18.0 Å². The lowest BCUT2D eigenvalue weighted by atomic mass is 10.2. The molecule has 20 heavy (non-hydrogen) atoms. The van der Waals surface area contributed by atoms with Crippen LogP contribution in [0.15, 0.2) is 59.5 Å². The predicted molar refractivity (Wildman–Crippen MR) is 81.1 cm³/mol. The highest BCUT2D eigenvalue weighted by Gasteiger charge is 2.32. The topological polar surface area (TPSA) is 37.1 Å². The molecule has 1 aliphatic heterocycles. The average Bonchev–Trinajstić information content (AvgIpc) is 3.25. The van der Waals surface area contributed by atoms with E-state index >= 15 is 0 Å². The smallest absolute Gasteiger partial charge is 0.207 e. The fourth-order valence-electron chi connectivity index (χ4n) is 1.67. The van der Waals surface area contributed by atoms with Crippen molar-refractivity contribution in [2.24, 2.45) is 0 Å². The molecule has 0 bridgehead atoms. The maximum Gasteiger partial charge on any atom is 0.243 e. The van der Waals surface area contributed by atoms with E-state index in [1.54, 1.807) is 12.1 Å². The number of aryl methyl sites for hydroxylation is 2. The Bertz CT molecular complexity index is 645. The zero-order valence-corrected chi connectivity index (χ0v) is 12.6. The van der Waals surface area contributed by atoms with Gasteiger partial charge >= 0.3 is 0 Å². The zero-order chi connectivity index (χ0) is 14.6. The van der Waals surface area contributed by atoms with Gasteiger partial charge < -0.3 is 0 Å². The van der Waals surface area contributed by atoms with Crippen molar-refractivity contribution < 1.29 is 8.42 Å². The van der Waals surface area contributed by atoms with Gasteiger partial charge in [0.15, 0.2) is 0 Å². The normalized spacial score (nSPS) is 14.3. The summed E-state index contributed by atoms with van der Waals surface area (Å²) in [5.74, 6) is 0. The highest BCUT2D eigenvalue weighted by Crippen LogP contribution is 2.21. The summed E-state index contributed by atoms with van der Waals surface area (Å²) in [5, 5.41) is 0. The van der Waals surface area contributed by atoms with E-state index in [-0.39, 0.29) is 0 Å². The first-order chi connectivity index (χ1) is 9.50. The Kier molecular flexibility index (Phi) is 4.57. The first-order valence-corrected chi connectivity index (χ1v) is 8.02. The van der Waals surface area contributed by atoms with Gasteiger partial charge in [0.2, 0.25) is 10.0 Å². The van der Waals surface area contributed by atoms with E-state index < -0.39 is 10.0 Å². The van der Waals surface area contributed by atoms with Crippen molar-refractivity contribution >= 4 is 10.0 Å². The lowest BCUT2D eigenvalue weighted by Gasteiger charge is -2.03. The van der Waals surface area contributed by atoms with Gasteiger partial charge in [-0.05, 0) is 26.0 Å².